The molecule has 0 aliphatic carbocycles. The van der Waals surface area contributed by atoms with Gasteiger partial charge in [0.15, 0.2) is 5.60 Å². The molecule has 0 heterocycles. The fourth-order valence-electron chi connectivity index (χ4n) is 2.64. The lowest BCUT2D eigenvalue weighted by atomic mass is 9.92. The van der Waals surface area contributed by atoms with Gasteiger partial charge in [-0.05, 0) is 60.5 Å². The van der Waals surface area contributed by atoms with E-state index in [1.807, 2.05) is 31.2 Å². The number of rotatable bonds is 4. The van der Waals surface area contributed by atoms with E-state index >= 15 is 0 Å². The van der Waals surface area contributed by atoms with Gasteiger partial charge in [-0.1, -0.05) is 59.3 Å². The van der Waals surface area contributed by atoms with E-state index in [9.17, 15) is 15.2 Å². The molecule has 0 aromatic heterocycles. The number of benzene rings is 3. The molecule has 1 unspecified atom stereocenters. The molecule has 0 aliphatic rings. The Bertz CT molecular complexity index is 1090. The lowest BCUT2D eigenvalue weighted by molar-refractivity contribution is -0.384. The normalized spacial score (nSPS) is 12.8. The smallest absolute Gasteiger partial charge is 0.269 e. The number of hydrogen-bond donors (Lipinski definition) is 1. The van der Waals surface area contributed by atoms with Gasteiger partial charge in [0, 0.05) is 22.7 Å². The minimum atomic E-state index is -1.56. The second-order valence-electron chi connectivity index (χ2n) is 6.57. The molecule has 0 aliphatic heterocycles. The van der Waals surface area contributed by atoms with Crippen LogP contribution in [0.5, 0.6) is 0 Å². The third-order valence-corrected chi connectivity index (χ3v) is 4.61. The van der Waals surface area contributed by atoms with Crippen molar-refractivity contribution in [3.05, 3.63) is 116 Å². The lowest BCUT2D eigenvalue weighted by Crippen LogP contribution is -2.20. The Labute approximate surface area is 174 Å². The summed E-state index contributed by atoms with van der Waals surface area (Å²) in [4.78, 5) is 10.3. The van der Waals surface area contributed by atoms with Gasteiger partial charge in [-0.2, -0.15) is 0 Å². The molecule has 0 fully saturated rings. The number of hydrogen-bond acceptors (Lipinski definition) is 3. The minimum Gasteiger partial charge on any atom is -0.370 e. The number of nitro groups is 1. The molecule has 4 nitrogen and oxygen atoms in total. The van der Waals surface area contributed by atoms with Crippen LogP contribution in [0.1, 0.15) is 22.3 Å². The number of halogens is 1. The SMILES string of the molecule is Cc1ccc(C#CC(O)(/C=C/c2ccc([N+](=O)[O-])cc2)c2ccc(Cl)cc2)cc1. The number of nitrogens with zero attached hydrogens (tertiary/aromatic N) is 1. The van der Waals surface area contributed by atoms with Crippen LogP contribution in [0, 0.1) is 28.9 Å². The van der Waals surface area contributed by atoms with E-state index in [0.717, 1.165) is 11.1 Å². The van der Waals surface area contributed by atoms with E-state index in [0.29, 0.717) is 16.1 Å². The van der Waals surface area contributed by atoms with Crippen molar-refractivity contribution in [1.29, 1.82) is 0 Å². The van der Waals surface area contributed by atoms with Gasteiger partial charge >= 0.3 is 0 Å². The number of non-ortho nitro benzene ring substituents is 1. The highest BCUT2D eigenvalue weighted by atomic mass is 35.5. The molecular weight excluding hydrogens is 386 g/mol. The van der Waals surface area contributed by atoms with E-state index in [2.05, 4.69) is 11.8 Å². The Hall–Kier alpha value is -3.39. The summed E-state index contributed by atoms with van der Waals surface area (Å²) in [5.41, 5.74) is 1.64. The first kappa shape index (κ1) is 20.3. The van der Waals surface area contributed by atoms with Gasteiger partial charge in [-0.25, -0.2) is 0 Å². The van der Waals surface area contributed by atoms with Gasteiger partial charge in [-0.15, -0.1) is 0 Å². The van der Waals surface area contributed by atoms with Gasteiger partial charge in [0.05, 0.1) is 4.92 Å². The van der Waals surface area contributed by atoms with E-state index in [-0.39, 0.29) is 5.69 Å². The van der Waals surface area contributed by atoms with Gasteiger partial charge in [0.1, 0.15) is 0 Å². The van der Waals surface area contributed by atoms with Gasteiger partial charge in [0.2, 0.25) is 0 Å². The Balaban J connectivity index is 1.97. The second-order valence-corrected chi connectivity index (χ2v) is 7.01. The number of aliphatic hydroxyl groups is 1. The summed E-state index contributed by atoms with van der Waals surface area (Å²) < 4.78 is 0. The Morgan fingerprint density at radius 3 is 2.21 bits per heavy atom. The predicted octanol–water partition coefficient (Wildman–Crippen LogP) is 5.51. The third-order valence-electron chi connectivity index (χ3n) is 4.35. The summed E-state index contributed by atoms with van der Waals surface area (Å²) in [7, 11) is 0. The number of aryl methyl sites for hydroxylation is 1. The summed E-state index contributed by atoms with van der Waals surface area (Å²) in [5, 5.41) is 22.6. The maximum atomic E-state index is 11.3. The van der Waals surface area contributed by atoms with Crippen molar-refractivity contribution in [3.8, 4) is 11.8 Å². The molecule has 0 amide bonds. The third kappa shape index (κ3) is 5.32. The monoisotopic (exact) mass is 403 g/mol. The first-order valence-electron chi connectivity index (χ1n) is 8.88. The zero-order valence-corrected chi connectivity index (χ0v) is 16.4. The second kappa shape index (κ2) is 8.74. The molecule has 3 aromatic rings. The van der Waals surface area contributed by atoms with Crippen molar-refractivity contribution in [2.45, 2.75) is 12.5 Å². The highest BCUT2D eigenvalue weighted by Gasteiger charge is 2.23. The fourth-order valence-corrected chi connectivity index (χ4v) is 2.77. The number of nitro benzene ring substituents is 1. The largest absolute Gasteiger partial charge is 0.370 e. The topological polar surface area (TPSA) is 63.4 Å². The molecule has 0 saturated heterocycles. The van der Waals surface area contributed by atoms with Gasteiger partial charge in [-0.3, -0.25) is 10.1 Å². The van der Waals surface area contributed by atoms with Crippen molar-refractivity contribution < 1.29 is 10.0 Å². The molecule has 0 spiro atoms. The zero-order chi connectivity index (χ0) is 20.9. The molecule has 144 valence electrons. The highest BCUT2D eigenvalue weighted by Crippen LogP contribution is 2.25. The van der Waals surface area contributed by atoms with Crippen LogP contribution in [0.25, 0.3) is 6.08 Å². The van der Waals surface area contributed by atoms with Crippen molar-refractivity contribution in [3.63, 3.8) is 0 Å². The van der Waals surface area contributed by atoms with E-state index in [1.54, 1.807) is 48.6 Å². The molecule has 3 aromatic carbocycles. The van der Waals surface area contributed by atoms with Crippen molar-refractivity contribution in [1.82, 2.24) is 0 Å². The van der Waals surface area contributed by atoms with Crippen LogP contribution >= 0.6 is 11.6 Å². The molecular formula is C24H18ClNO3. The maximum absolute atomic E-state index is 11.3. The first-order chi connectivity index (χ1) is 13.9. The molecule has 3 rings (SSSR count). The van der Waals surface area contributed by atoms with Gasteiger partial charge in [0.25, 0.3) is 5.69 Å². The van der Waals surface area contributed by atoms with Gasteiger partial charge < -0.3 is 5.11 Å². The minimum absolute atomic E-state index is 0.00859. The molecule has 0 bridgehead atoms. The van der Waals surface area contributed by atoms with E-state index < -0.39 is 10.5 Å². The Morgan fingerprint density at radius 2 is 1.62 bits per heavy atom. The average molecular weight is 404 g/mol. The molecule has 1 atom stereocenters. The summed E-state index contributed by atoms with van der Waals surface area (Å²) in [5.74, 6) is 5.95. The predicted molar refractivity (Wildman–Crippen MR) is 116 cm³/mol. The van der Waals surface area contributed by atoms with Crippen LogP contribution in [-0.2, 0) is 5.60 Å². The van der Waals surface area contributed by atoms with Crippen LogP contribution in [0.4, 0.5) is 5.69 Å². The zero-order valence-electron chi connectivity index (χ0n) is 15.7. The van der Waals surface area contributed by atoms with E-state index in [4.69, 9.17) is 11.6 Å². The fraction of sp³-hybridized carbons (Fsp3) is 0.0833. The Morgan fingerprint density at radius 1 is 1.00 bits per heavy atom. The molecule has 0 saturated carbocycles. The van der Waals surface area contributed by atoms with Crippen molar-refractivity contribution in [2.75, 3.05) is 0 Å². The summed E-state index contributed by atoms with van der Waals surface area (Å²) in [6, 6.07) is 20.6. The standard InChI is InChI=1S/C24H18ClNO3/c1-18-2-4-19(5-3-18)14-16-24(27,21-8-10-22(25)11-9-21)17-15-20-6-12-23(13-7-20)26(28)29/h2-13,15,17,27H,1H3/b17-15+. The average Bonchev–Trinajstić information content (AvgIpc) is 2.72. The van der Waals surface area contributed by atoms with Crippen molar-refractivity contribution >= 4 is 23.4 Å². The molecule has 1 N–H and O–H groups in total. The van der Waals surface area contributed by atoms with Crippen LogP contribution < -0.4 is 0 Å². The molecule has 5 heteroatoms. The summed E-state index contributed by atoms with van der Waals surface area (Å²) >= 11 is 5.97. The molecule has 0 radical (unpaired) electrons. The molecule has 29 heavy (non-hydrogen) atoms. The summed E-state index contributed by atoms with van der Waals surface area (Å²) in [6.45, 7) is 1.99. The van der Waals surface area contributed by atoms with E-state index in [1.165, 1.54) is 12.1 Å². The lowest BCUT2D eigenvalue weighted by Gasteiger charge is -2.19. The summed E-state index contributed by atoms with van der Waals surface area (Å²) in [6.07, 6.45) is 3.25. The Kier molecular flexibility index (Phi) is 6.13. The quantitative estimate of drug-likeness (QED) is 0.355. The van der Waals surface area contributed by atoms with Crippen LogP contribution in [0.3, 0.4) is 0 Å². The van der Waals surface area contributed by atoms with Crippen LogP contribution in [0.15, 0.2) is 78.9 Å². The maximum Gasteiger partial charge on any atom is 0.269 e. The van der Waals surface area contributed by atoms with Crippen LogP contribution in [0.2, 0.25) is 5.02 Å². The van der Waals surface area contributed by atoms with Crippen molar-refractivity contribution in [2.24, 2.45) is 0 Å². The first-order valence-corrected chi connectivity index (χ1v) is 9.25. The highest BCUT2D eigenvalue weighted by molar-refractivity contribution is 6.30. The van der Waals surface area contributed by atoms with Crippen LogP contribution in [-0.4, -0.2) is 10.0 Å².